The third-order valence-electron chi connectivity index (χ3n) is 3.72. The summed E-state index contributed by atoms with van der Waals surface area (Å²) in [5, 5.41) is 4.11. The van der Waals surface area contributed by atoms with E-state index < -0.39 is 0 Å². The van der Waals surface area contributed by atoms with Gasteiger partial charge >= 0.3 is 0 Å². The Bertz CT molecular complexity index is 684. The van der Waals surface area contributed by atoms with Crippen LogP contribution in [0.5, 0.6) is 0 Å². The number of halogens is 2. The molecule has 0 atom stereocenters. The Hall–Kier alpha value is -1.55. The largest absolute Gasteiger partial charge is 0.326 e. The van der Waals surface area contributed by atoms with Gasteiger partial charge in [0.15, 0.2) is 0 Å². The molecule has 128 valence electrons. The van der Waals surface area contributed by atoms with Crippen LogP contribution in [-0.2, 0) is 17.6 Å². The van der Waals surface area contributed by atoms with Crippen molar-refractivity contribution >= 4 is 34.8 Å². The van der Waals surface area contributed by atoms with Crippen molar-refractivity contribution in [3.8, 4) is 0 Å². The van der Waals surface area contributed by atoms with Gasteiger partial charge in [-0.3, -0.25) is 4.79 Å². The van der Waals surface area contributed by atoms with Gasteiger partial charge in [0.25, 0.3) is 0 Å². The number of carbonyl (C=O) groups is 1. The van der Waals surface area contributed by atoms with Gasteiger partial charge in [-0.15, -0.1) is 0 Å². The molecular weight excluding hydrogens is 343 g/mol. The third kappa shape index (κ3) is 6.16. The summed E-state index contributed by atoms with van der Waals surface area (Å²) in [6, 6.07) is 13.3. The molecule has 0 aliphatic heterocycles. The molecule has 0 saturated heterocycles. The molecule has 0 aliphatic carbocycles. The van der Waals surface area contributed by atoms with Crippen molar-refractivity contribution in [1.29, 1.82) is 0 Å². The van der Waals surface area contributed by atoms with E-state index in [2.05, 4.69) is 36.4 Å². The first-order valence-electron chi connectivity index (χ1n) is 7.91. The zero-order valence-electron chi connectivity index (χ0n) is 14.0. The zero-order chi connectivity index (χ0) is 17.5. The second-order valence-electron chi connectivity index (χ2n) is 6.03. The predicted molar refractivity (Wildman–Crippen MR) is 102 cm³/mol. The van der Waals surface area contributed by atoms with E-state index in [1.54, 1.807) is 12.1 Å². The third-order valence-corrected chi connectivity index (χ3v) is 4.31. The number of anilines is 1. The van der Waals surface area contributed by atoms with Crippen LogP contribution in [0.25, 0.3) is 0 Å². The number of likely N-dealkylation sites (N-methyl/N-ethyl adjacent to an activating group) is 1. The second kappa shape index (κ2) is 9.07. The quantitative estimate of drug-likeness (QED) is 0.773. The molecule has 2 rings (SSSR count). The lowest BCUT2D eigenvalue weighted by atomic mass is 10.1. The van der Waals surface area contributed by atoms with Crippen LogP contribution in [0.4, 0.5) is 5.69 Å². The summed E-state index contributed by atoms with van der Waals surface area (Å²) in [7, 11) is 4.11. The van der Waals surface area contributed by atoms with Crippen molar-refractivity contribution in [1.82, 2.24) is 4.90 Å². The minimum absolute atomic E-state index is 0.0259. The maximum Gasteiger partial charge on any atom is 0.224 e. The van der Waals surface area contributed by atoms with E-state index in [0.29, 0.717) is 22.9 Å². The fourth-order valence-corrected chi connectivity index (χ4v) is 2.81. The van der Waals surface area contributed by atoms with E-state index in [1.807, 2.05) is 18.2 Å². The molecule has 0 aliphatic rings. The Labute approximate surface area is 153 Å². The van der Waals surface area contributed by atoms with Gasteiger partial charge in [-0.2, -0.15) is 0 Å². The van der Waals surface area contributed by atoms with Crippen molar-refractivity contribution in [2.24, 2.45) is 0 Å². The monoisotopic (exact) mass is 364 g/mol. The summed E-state index contributed by atoms with van der Waals surface area (Å²) in [5.74, 6) is -0.0259. The van der Waals surface area contributed by atoms with Gasteiger partial charge in [-0.25, -0.2) is 0 Å². The van der Waals surface area contributed by atoms with Crippen LogP contribution < -0.4 is 5.32 Å². The van der Waals surface area contributed by atoms with Gasteiger partial charge in [0, 0.05) is 28.7 Å². The minimum Gasteiger partial charge on any atom is -0.326 e. The van der Waals surface area contributed by atoms with Crippen LogP contribution in [0.15, 0.2) is 42.5 Å². The molecule has 0 bridgehead atoms. The number of aryl methyl sites for hydroxylation is 1. The van der Waals surface area contributed by atoms with E-state index in [9.17, 15) is 4.79 Å². The van der Waals surface area contributed by atoms with E-state index in [0.717, 1.165) is 24.2 Å². The average molecular weight is 365 g/mol. The molecule has 0 radical (unpaired) electrons. The number of benzene rings is 2. The molecule has 0 spiro atoms. The van der Waals surface area contributed by atoms with Crippen LogP contribution in [0.2, 0.25) is 10.0 Å². The molecule has 2 aromatic rings. The van der Waals surface area contributed by atoms with Gasteiger partial charge in [-0.05, 0) is 62.3 Å². The Morgan fingerprint density at radius 2 is 1.75 bits per heavy atom. The Kier molecular flexibility index (Phi) is 7.10. The number of nitrogens with one attached hydrogen (secondary N) is 1. The van der Waals surface area contributed by atoms with Crippen molar-refractivity contribution < 1.29 is 4.79 Å². The number of hydrogen-bond acceptors (Lipinski definition) is 2. The summed E-state index contributed by atoms with van der Waals surface area (Å²) in [6.45, 7) is 1.01. The predicted octanol–water partition coefficient (Wildman–Crippen LogP) is 4.67. The fraction of sp³-hybridized carbons (Fsp3) is 0.316. The molecular formula is C19H22Cl2N2O. The Balaban J connectivity index is 1.83. The van der Waals surface area contributed by atoms with Crippen LogP contribution in [-0.4, -0.2) is 31.4 Å². The first-order chi connectivity index (χ1) is 11.4. The minimum atomic E-state index is -0.0259. The molecule has 1 amide bonds. The lowest BCUT2D eigenvalue weighted by Gasteiger charge is -2.10. The van der Waals surface area contributed by atoms with Gasteiger partial charge < -0.3 is 10.2 Å². The lowest BCUT2D eigenvalue weighted by Crippen LogP contribution is -2.15. The number of nitrogens with zero attached hydrogens (tertiary/aromatic N) is 1. The molecule has 0 heterocycles. The first kappa shape index (κ1) is 18.8. The summed E-state index contributed by atoms with van der Waals surface area (Å²) >= 11 is 12.0. The van der Waals surface area contributed by atoms with Crippen molar-refractivity contribution in [2.75, 3.05) is 26.0 Å². The van der Waals surface area contributed by atoms with Crippen LogP contribution in [0.3, 0.4) is 0 Å². The Morgan fingerprint density at radius 3 is 2.38 bits per heavy atom. The van der Waals surface area contributed by atoms with Crippen LogP contribution in [0, 0.1) is 0 Å². The lowest BCUT2D eigenvalue weighted by molar-refractivity contribution is -0.116. The first-order valence-corrected chi connectivity index (χ1v) is 8.67. The zero-order valence-corrected chi connectivity index (χ0v) is 15.5. The molecule has 0 aromatic heterocycles. The number of amides is 1. The molecule has 1 N–H and O–H groups in total. The summed E-state index contributed by atoms with van der Waals surface area (Å²) in [6.07, 6.45) is 1.96. The molecule has 24 heavy (non-hydrogen) atoms. The summed E-state index contributed by atoms with van der Waals surface area (Å²) in [5.41, 5.74) is 3.00. The van der Waals surface area contributed by atoms with Crippen LogP contribution in [0.1, 0.15) is 17.5 Å². The normalized spacial score (nSPS) is 10.9. The number of rotatable bonds is 7. The van der Waals surface area contributed by atoms with E-state index in [-0.39, 0.29) is 5.91 Å². The smallest absolute Gasteiger partial charge is 0.224 e. The van der Waals surface area contributed by atoms with E-state index in [4.69, 9.17) is 23.2 Å². The highest BCUT2D eigenvalue weighted by Crippen LogP contribution is 2.22. The number of hydrogen-bond donors (Lipinski definition) is 1. The second-order valence-corrected chi connectivity index (χ2v) is 6.88. The maximum atomic E-state index is 12.1. The van der Waals surface area contributed by atoms with Gasteiger partial charge in [0.2, 0.25) is 5.91 Å². The molecule has 0 fully saturated rings. The number of carbonyl (C=O) groups excluding carboxylic acids is 1. The molecule has 0 saturated carbocycles. The summed E-state index contributed by atoms with van der Waals surface area (Å²) in [4.78, 5) is 14.2. The van der Waals surface area contributed by atoms with Crippen LogP contribution >= 0.6 is 23.2 Å². The van der Waals surface area contributed by atoms with Crippen molar-refractivity contribution in [3.05, 3.63) is 63.6 Å². The van der Waals surface area contributed by atoms with Gasteiger partial charge in [0.1, 0.15) is 0 Å². The van der Waals surface area contributed by atoms with Gasteiger partial charge in [-0.1, -0.05) is 41.4 Å². The fourth-order valence-electron chi connectivity index (χ4n) is 2.30. The average Bonchev–Trinajstić information content (AvgIpc) is 2.53. The highest BCUT2D eigenvalue weighted by atomic mass is 35.5. The molecule has 5 heteroatoms. The van der Waals surface area contributed by atoms with Gasteiger partial charge in [0.05, 0.1) is 0 Å². The highest BCUT2D eigenvalue weighted by Gasteiger charge is 2.06. The molecule has 0 unspecified atom stereocenters. The molecule has 3 nitrogen and oxygen atoms in total. The van der Waals surface area contributed by atoms with Crippen molar-refractivity contribution in [3.63, 3.8) is 0 Å². The topological polar surface area (TPSA) is 32.3 Å². The summed E-state index contributed by atoms with van der Waals surface area (Å²) < 4.78 is 0. The Morgan fingerprint density at radius 1 is 1.04 bits per heavy atom. The standard InChI is InChI=1S/C19H22Cl2N2O/c1-23(2)12-11-14-3-8-17(9-4-14)22-19(24)10-6-15-5-7-16(20)13-18(15)21/h3-5,7-9,13H,6,10-12H2,1-2H3,(H,22,24). The SMILES string of the molecule is CN(C)CCc1ccc(NC(=O)CCc2ccc(Cl)cc2Cl)cc1. The van der Waals surface area contributed by atoms with E-state index >= 15 is 0 Å². The van der Waals surface area contributed by atoms with E-state index in [1.165, 1.54) is 5.56 Å². The van der Waals surface area contributed by atoms with Crippen molar-refractivity contribution in [2.45, 2.75) is 19.3 Å². The molecule has 2 aromatic carbocycles. The highest BCUT2D eigenvalue weighted by molar-refractivity contribution is 6.35. The maximum absolute atomic E-state index is 12.1.